The molecule has 1 unspecified atom stereocenters. The van der Waals surface area contributed by atoms with E-state index in [1.807, 2.05) is 0 Å². The molecule has 0 aromatic rings. The zero-order chi connectivity index (χ0) is 13.9. The lowest BCUT2D eigenvalue weighted by molar-refractivity contribution is -0.0849. The number of hydrogen-bond acceptors (Lipinski definition) is 3. The number of aliphatic hydroxyl groups excluding tert-OH is 1. The Morgan fingerprint density at radius 3 is 2.24 bits per heavy atom. The highest BCUT2D eigenvalue weighted by molar-refractivity contribution is 5.68. The minimum atomic E-state index is -3.14. The molecule has 1 N–H and O–H groups in total. The Kier molecular flexibility index (Phi) is 5.32. The lowest BCUT2D eigenvalue weighted by Gasteiger charge is -2.32. The summed E-state index contributed by atoms with van der Waals surface area (Å²) < 4.78 is 31.9. The van der Waals surface area contributed by atoms with Crippen molar-refractivity contribution in [1.29, 1.82) is 0 Å². The average molecular weight is 253 g/mol. The Balaban J connectivity index is 4.59. The van der Waals surface area contributed by atoms with Crippen LogP contribution in [0.1, 0.15) is 34.1 Å². The van der Waals surface area contributed by atoms with E-state index in [4.69, 9.17) is 9.84 Å². The Morgan fingerprint density at radius 2 is 1.88 bits per heavy atom. The van der Waals surface area contributed by atoms with E-state index in [0.717, 1.165) is 4.90 Å². The highest BCUT2D eigenvalue weighted by Crippen LogP contribution is 2.26. The molecule has 6 heteroatoms. The maximum atomic E-state index is 13.5. The van der Waals surface area contributed by atoms with Gasteiger partial charge in [0, 0.05) is 20.1 Å². The van der Waals surface area contributed by atoms with E-state index in [2.05, 4.69) is 0 Å². The van der Waals surface area contributed by atoms with Crippen molar-refractivity contribution in [2.75, 3.05) is 13.7 Å². The summed E-state index contributed by atoms with van der Waals surface area (Å²) in [5, 5.41) is 8.54. The van der Waals surface area contributed by atoms with Crippen LogP contribution in [0.25, 0.3) is 0 Å². The van der Waals surface area contributed by atoms with Crippen LogP contribution in [-0.2, 0) is 4.74 Å². The SMILES string of the molecule is CC(N(C)C(=O)OC(C)(C)C)C(F)(F)CCO. The molecule has 0 radical (unpaired) electrons. The zero-order valence-corrected chi connectivity index (χ0v) is 11.0. The summed E-state index contributed by atoms with van der Waals surface area (Å²) in [5.41, 5.74) is -0.725. The summed E-state index contributed by atoms with van der Waals surface area (Å²) in [6.07, 6.45) is -1.48. The summed E-state index contributed by atoms with van der Waals surface area (Å²) in [6, 6.07) is -1.33. The molecule has 0 fully saturated rings. The summed E-state index contributed by atoms with van der Waals surface area (Å²) in [5.74, 6) is -3.14. The second kappa shape index (κ2) is 5.62. The quantitative estimate of drug-likeness (QED) is 0.836. The highest BCUT2D eigenvalue weighted by atomic mass is 19.3. The van der Waals surface area contributed by atoms with Crippen molar-refractivity contribution >= 4 is 6.09 Å². The molecule has 1 amide bonds. The number of carbonyl (C=O) groups excluding carboxylic acids is 1. The first kappa shape index (κ1) is 16.1. The zero-order valence-electron chi connectivity index (χ0n) is 11.0. The molecule has 0 aromatic carbocycles. The summed E-state index contributed by atoms with van der Waals surface area (Å²) in [6.45, 7) is 5.58. The van der Waals surface area contributed by atoms with E-state index in [1.54, 1.807) is 20.8 Å². The van der Waals surface area contributed by atoms with Crippen molar-refractivity contribution < 1.29 is 23.4 Å². The monoisotopic (exact) mass is 253 g/mol. The molecular weight excluding hydrogens is 232 g/mol. The van der Waals surface area contributed by atoms with Crippen LogP contribution in [0.5, 0.6) is 0 Å². The third-order valence-corrected chi connectivity index (χ3v) is 2.32. The highest BCUT2D eigenvalue weighted by Gasteiger charge is 2.40. The number of hydrogen-bond donors (Lipinski definition) is 1. The smallest absolute Gasteiger partial charge is 0.410 e. The van der Waals surface area contributed by atoms with Crippen LogP contribution in [-0.4, -0.2) is 47.3 Å². The van der Waals surface area contributed by atoms with Gasteiger partial charge >= 0.3 is 6.09 Å². The van der Waals surface area contributed by atoms with Crippen LogP contribution < -0.4 is 0 Å². The third-order valence-electron chi connectivity index (χ3n) is 2.32. The number of carbonyl (C=O) groups is 1. The van der Waals surface area contributed by atoms with Crippen LogP contribution in [0.15, 0.2) is 0 Å². The van der Waals surface area contributed by atoms with Gasteiger partial charge in [-0.2, -0.15) is 0 Å². The first-order valence-electron chi connectivity index (χ1n) is 5.46. The van der Waals surface area contributed by atoms with Gasteiger partial charge in [0.2, 0.25) is 0 Å². The van der Waals surface area contributed by atoms with Crippen molar-refractivity contribution in [2.45, 2.75) is 51.7 Å². The van der Waals surface area contributed by atoms with Gasteiger partial charge in [0.1, 0.15) is 5.60 Å². The van der Waals surface area contributed by atoms with Gasteiger partial charge in [-0.1, -0.05) is 0 Å². The fraction of sp³-hybridized carbons (Fsp3) is 0.909. The van der Waals surface area contributed by atoms with E-state index < -0.39 is 36.7 Å². The van der Waals surface area contributed by atoms with Crippen LogP contribution in [0, 0.1) is 0 Å². The second-order valence-corrected chi connectivity index (χ2v) is 5.00. The van der Waals surface area contributed by atoms with Crippen molar-refractivity contribution in [1.82, 2.24) is 4.90 Å². The van der Waals surface area contributed by atoms with E-state index in [1.165, 1.54) is 14.0 Å². The molecule has 4 nitrogen and oxygen atoms in total. The molecule has 0 aliphatic rings. The lowest BCUT2D eigenvalue weighted by atomic mass is 10.1. The first-order chi connectivity index (χ1) is 7.51. The molecule has 0 aromatic heterocycles. The number of halogens is 2. The van der Waals surface area contributed by atoms with Gasteiger partial charge in [-0.05, 0) is 27.7 Å². The second-order valence-electron chi connectivity index (χ2n) is 5.00. The van der Waals surface area contributed by atoms with Crippen molar-refractivity contribution in [2.24, 2.45) is 0 Å². The van der Waals surface area contributed by atoms with E-state index in [0.29, 0.717) is 0 Å². The number of ether oxygens (including phenoxy) is 1. The number of alkyl halides is 2. The largest absolute Gasteiger partial charge is 0.444 e. The molecular formula is C11H21F2NO3. The average Bonchev–Trinajstić information content (AvgIpc) is 2.12. The molecule has 102 valence electrons. The summed E-state index contributed by atoms with van der Waals surface area (Å²) >= 11 is 0. The van der Waals surface area contributed by atoms with Gasteiger partial charge in [0.15, 0.2) is 0 Å². The van der Waals surface area contributed by atoms with Crippen molar-refractivity contribution in [3.8, 4) is 0 Å². The number of rotatable bonds is 4. The molecule has 17 heavy (non-hydrogen) atoms. The third kappa shape index (κ3) is 5.30. The number of amides is 1. The molecule has 0 heterocycles. The topological polar surface area (TPSA) is 49.8 Å². The minimum Gasteiger partial charge on any atom is -0.444 e. The van der Waals surface area contributed by atoms with Gasteiger partial charge in [-0.15, -0.1) is 0 Å². The van der Waals surface area contributed by atoms with Crippen LogP contribution >= 0.6 is 0 Å². The van der Waals surface area contributed by atoms with Gasteiger partial charge in [-0.25, -0.2) is 13.6 Å². The van der Waals surface area contributed by atoms with Gasteiger partial charge in [-0.3, -0.25) is 0 Å². The number of aliphatic hydroxyl groups is 1. The normalized spacial score (nSPS) is 14.4. The maximum Gasteiger partial charge on any atom is 0.410 e. The van der Waals surface area contributed by atoms with Crippen molar-refractivity contribution in [3.63, 3.8) is 0 Å². The van der Waals surface area contributed by atoms with Crippen LogP contribution in [0.2, 0.25) is 0 Å². The van der Waals surface area contributed by atoms with Crippen molar-refractivity contribution in [3.05, 3.63) is 0 Å². The lowest BCUT2D eigenvalue weighted by Crippen LogP contribution is -2.48. The maximum absolute atomic E-state index is 13.5. The minimum absolute atomic E-state index is 0.625. The molecule has 0 spiro atoms. The predicted octanol–water partition coefficient (Wildman–Crippen LogP) is 2.26. The van der Waals surface area contributed by atoms with E-state index in [-0.39, 0.29) is 0 Å². The van der Waals surface area contributed by atoms with Gasteiger partial charge < -0.3 is 14.7 Å². The Labute approximate surface area is 101 Å². The number of nitrogens with zero attached hydrogens (tertiary/aromatic N) is 1. The summed E-state index contributed by atoms with van der Waals surface area (Å²) in [7, 11) is 1.25. The molecule has 0 bridgehead atoms. The predicted molar refractivity (Wildman–Crippen MR) is 60.1 cm³/mol. The molecule has 0 saturated heterocycles. The molecule has 1 atom stereocenters. The van der Waals surface area contributed by atoms with Crippen LogP contribution in [0.3, 0.4) is 0 Å². The molecule has 0 aliphatic carbocycles. The van der Waals surface area contributed by atoms with Gasteiger partial charge in [0.05, 0.1) is 6.04 Å². The summed E-state index contributed by atoms with van der Waals surface area (Å²) in [4.78, 5) is 12.4. The first-order valence-corrected chi connectivity index (χ1v) is 5.46. The fourth-order valence-electron chi connectivity index (χ4n) is 1.13. The Hall–Kier alpha value is -0.910. The fourth-order valence-corrected chi connectivity index (χ4v) is 1.13. The Morgan fingerprint density at radius 1 is 1.41 bits per heavy atom. The molecule has 0 aliphatic heterocycles. The standard InChI is InChI=1S/C11H21F2NO3/c1-8(11(12,13)6-7-15)14(5)9(16)17-10(2,3)4/h8,15H,6-7H2,1-5H3. The Bertz CT molecular complexity index is 264. The molecule has 0 saturated carbocycles. The van der Waals surface area contributed by atoms with E-state index in [9.17, 15) is 13.6 Å². The van der Waals surface area contributed by atoms with Gasteiger partial charge in [0.25, 0.3) is 5.92 Å². The molecule has 0 rings (SSSR count). The van der Waals surface area contributed by atoms with Crippen LogP contribution in [0.4, 0.5) is 13.6 Å². The van der Waals surface area contributed by atoms with E-state index >= 15 is 0 Å².